The van der Waals surface area contributed by atoms with Crippen molar-refractivity contribution in [1.29, 1.82) is 5.26 Å². The third-order valence-electron chi connectivity index (χ3n) is 2.09. The van der Waals surface area contributed by atoms with Gasteiger partial charge in [-0.15, -0.1) is 0 Å². The number of hydrogen-bond acceptors (Lipinski definition) is 4. The Morgan fingerprint density at radius 1 is 1.38 bits per heavy atom. The molecule has 1 heterocycles. The van der Waals surface area contributed by atoms with Gasteiger partial charge in [0.05, 0.1) is 0 Å². The van der Waals surface area contributed by atoms with Gasteiger partial charge >= 0.3 is 5.63 Å². The number of nitriles is 1. The topological polar surface area (TPSA) is 63.2 Å². The zero-order valence-electron chi connectivity index (χ0n) is 8.64. The van der Waals surface area contributed by atoms with E-state index >= 15 is 0 Å². The van der Waals surface area contributed by atoms with E-state index in [1.165, 1.54) is 6.07 Å². The molecule has 4 heteroatoms. The van der Waals surface area contributed by atoms with Gasteiger partial charge in [-0.05, 0) is 25.1 Å². The van der Waals surface area contributed by atoms with Gasteiger partial charge < -0.3 is 9.15 Å². The molecule has 0 saturated heterocycles. The van der Waals surface area contributed by atoms with Crippen LogP contribution in [0.4, 0.5) is 0 Å². The predicted octanol–water partition coefficient (Wildman–Crippen LogP) is 2.08. The third kappa shape index (κ3) is 2.04. The minimum absolute atomic E-state index is 0.405. The minimum Gasteiger partial charge on any atom is -0.476 e. The lowest BCUT2D eigenvalue weighted by Gasteiger charge is -2.07. The second kappa shape index (κ2) is 4.07. The number of ether oxygens (including phenoxy) is 1. The van der Waals surface area contributed by atoms with Gasteiger partial charge in [-0.2, -0.15) is 5.26 Å². The second-order valence-electron chi connectivity index (χ2n) is 3.34. The predicted molar refractivity (Wildman–Crippen MR) is 58.2 cm³/mol. The molecule has 80 valence electrons. The van der Waals surface area contributed by atoms with Crippen LogP contribution in [0.5, 0.6) is 5.75 Å². The molecule has 0 fully saturated rings. The second-order valence-corrected chi connectivity index (χ2v) is 3.34. The Bertz CT molecular complexity index is 609. The van der Waals surface area contributed by atoms with Gasteiger partial charge in [-0.1, -0.05) is 0 Å². The van der Waals surface area contributed by atoms with Gasteiger partial charge in [0.2, 0.25) is 0 Å². The molecule has 0 aliphatic heterocycles. The molecule has 2 aromatic rings. The molecule has 16 heavy (non-hydrogen) atoms. The Kier molecular flexibility index (Phi) is 2.61. The molecule has 1 atom stereocenters. The van der Waals surface area contributed by atoms with Gasteiger partial charge in [-0.25, -0.2) is 4.79 Å². The maximum atomic E-state index is 11.0. The molecule has 0 saturated carbocycles. The van der Waals surface area contributed by atoms with Crippen molar-refractivity contribution in [2.45, 2.75) is 13.0 Å². The number of benzene rings is 1. The van der Waals surface area contributed by atoms with Crippen LogP contribution in [-0.4, -0.2) is 6.10 Å². The Hall–Kier alpha value is -2.28. The summed E-state index contributed by atoms with van der Waals surface area (Å²) in [6.07, 6.45) is -0.534. The summed E-state index contributed by atoms with van der Waals surface area (Å²) in [6, 6.07) is 10.1. The molecule has 1 aromatic heterocycles. The summed E-state index contributed by atoms with van der Waals surface area (Å²) in [4.78, 5) is 11.0. The molecule has 0 N–H and O–H groups in total. The van der Waals surface area contributed by atoms with E-state index in [1.807, 2.05) is 6.07 Å². The van der Waals surface area contributed by atoms with Crippen molar-refractivity contribution in [3.63, 3.8) is 0 Å². The van der Waals surface area contributed by atoms with Crippen LogP contribution in [0.2, 0.25) is 0 Å². The summed E-state index contributed by atoms with van der Waals surface area (Å²) in [7, 11) is 0. The molecule has 1 aromatic carbocycles. The first-order chi connectivity index (χ1) is 7.69. The minimum atomic E-state index is -0.534. The van der Waals surface area contributed by atoms with Crippen molar-refractivity contribution >= 4 is 11.0 Å². The summed E-state index contributed by atoms with van der Waals surface area (Å²) in [6.45, 7) is 1.64. The Balaban J connectivity index is 2.43. The van der Waals surface area contributed by atoms with E-state index in [4.69, 9.17) is 14.4 Å². The van der Waals surface area contributed by atoms with Crippen LogP contribution in [0.1, 0.15) is 6.92 Å². The Labute approximate surface area is 91.7 Å². The molecule has 0 amide bonds. The van der Waals surface area contributed by atoms with E-state index in [1.54, 1.807) is 31.2 Å². The quantitative estimate of drug-likeness (QED) is 0.719. The van der Waals surface area contributed by atoms with Crippen LogP contribution < -0.4 is 10.4 Å². The summed E-state index contributed by atoms with van der Waals surface area (Å²) in [5.41, 5.74) is 0.0492. The summed E-state index contributed by atoms with van der Waals surface area (Å²) in [5, 5.41) is 9.42. The van der Waals surface area contributed by atoms with E-state index < -0.39 is 11.7 Å². The highest BCUT2D eigenvalue weighted by Crippen LogP contribution is 2.20. The maximum Gasteiger partial charge on any atom is 0.336 e. The fourth-order valence-corrected chi connectivity index (χ4v) is 1.34. The van der Waals surface area contributed by atoms with E-state index in [2.05, 4.69) is 0 Å². The van der Waals surface area contributed by atoms with Crippen molar-refractivity contribution in [2.75, 3.05) is 0 Å². The van der Waals surface area contributed by atoms with Crippen molar-refractivity contribution in [3.8, 4) is 11.8 Å². The van der Waals surface area contributed by atoms with Gasteiger partial charge in [0.1, 0.15) is 17.4 Å². The fourth-order valence-electron chi connectivity index (χ4n) is 1.34. The lowest BCUT2D eigenvalue weighted by molar-refractivity contribution is 0.276. The van der Waals surface area contributed by atoms with Crippen molar-refractivity contribution in [3.05, 3.63) is 40.8 Å². The van der Waals surface area contributed by atoms with Crippen LogP contribution in [0.25, 0.3) is 11.0 Å². The Morgan fingerprint density at radius 3 is 2.88 bits per heavy atom. The van der Waals surface area contributed by atoms with Gasteiger partial charge in [-0.3, -0.25) is 0 Å². The summed E-state index contributed by atoms with van der Waals surface area (Å²) >= 11 is 0. The highest BCUT2D eigenvalue weighted by atomic mass is 16.5. The van der Waals surface area contributed by atoms with Crippen molar-refractivity contribution in [1.82, 2.24) is 0 Å². The van der Waals surface area contributed by atoms with Crippen LogP contribution in [0, 0.1) is 11.3 Å². The smallest absolute Gasteiger partial charge is 0.336 e. The van der Waals surface area contributed by atoms with Gasteiger partial charge in [0.25, 0.3) is 0 Å². The third-order valence-corrected chi connectivity index (χ3v) is 2.09. The SMILES string of the molecule is C[C@H](C#N)Oc1ccc2ccc(=O)oc2c1. The van der Waals surface area contributed by atoms with Crippen LogP contribution >= 0.6 is 0 Å². The highest BCUT2D eigenvalue weighted by molar-refractivity contribution is 5.77. The molecule has 0 aliphatic carbocycles. The first-order valence-electron chi connectivity index (χ1n) is 4.79. The van der Waals surface area contributed by atoms with Crippen LogP contribution in [0.3, 0.4) is 0 Å². The van der Waals surface area contributed by atoms with E-state index in [0.717, 1.165) is 5.39 Å². The highest BCUT2D eigenvalue weighted by Gasteiger charge is 2.04. The van der Waals surface area contributed by atoms with Crippen LogP contribution in [-0.2, 0) is 0 Å². The lowest BCUT2D eigenvalue weighted by atomic mass is 10.2. The largest absolute Gasteiger partial charge is 0.476 e. The standard InChI is InChI=1S/C12H9NO3/c1-8(7-13)15-10-4-2-9-3-5-12(14)16-11(9)6-10/h2-6,8H,1H3/t8-/m1/s1. The number of hydrogen-bond donors (Lipinski definition) is 0. The lowest BCUT2D eigenvalue weighted by Crippen LogP contribution is -2.07. The normalized spacial score (nSPS) is 12.0. The monoisotopic (exact) mass is 215 g/mol. The molecule has 0 bridgehead atoms. The van der Waals surface area contributed by atoms with Crippen molar-refractivity contribution in [2.24, 2.45) is 0 Å². The zero-order valence-corrected chi connectivity index (χ0v) is 8.64. The number of nitrogens with zero attached hydrogens (tertiary/aromatic N) is 1. The zero-order chi connectivity index (χ0) is 11.5. The number of rotatable bonds is 2. The molecular weight excluding hydrogens is 206 g/mol. The maximum absolute atomic E-state index is 11.0. The summed E-state index contributed by atoms with van der Waals surface area (Å²) in [5.74, 6) is 0.510. The van der Waals surface area contributed by atoms with Crippen molar-refractivity contribution < 1.29 is 9.15 Å². The molecule has 0 aliphatic rings. The molecular formula is C12H9NO3. The summed E-state index contributed by atoms with van der Waals surface area (Å²) < 4.78 is 10.3. The Morgan fingerprint density at radius 2 is 2.12 bits per heavy atom. The molecule has 4 nitrogen and oxygen atoms in total. The number of fused-ring (bicyclic) bond motifs is 1. The first kappa shape index (κ1) is 10.2. The molecule has 0 radical (unpaired) electrons. The van der Waals surface area contributed by atoms with Crippen LogP contribution in [0.15, 0.2) is 39.5 Å². The van der Waals surface area contributed by atoms with E-state index in [9.17, 15) is 4.79 Å². The molecule has 0 spiro atoms. The molecule has 2 rings (SSSR count). The first-order valence-corrected chi connectivity index (χ1v) is 4.79. The average molecular weight is 215 g/mol. The molecule has 0 unspecified atom stereocenters. The van der Waals surface area contributed by atoms with Gasteiger partial charge in [0, 0.05) is 17.5 Å². The fraction of sp³-hybridized carbons (Fsp3) is 0.167. The van der Waals surface area contributed by atoms with Gasteiger partial charge in [0.15, 0.2) is 6.10 Å². The average Bonchev–Trinajstić information content (AvgIpc) is 2.28. The van der Waals surface area contributed by atoms with E-state index in [0.29, 0.717) is 11.3 Å². The van der Waals surface area contributed by atoms with E-state index in [-0.39, 0.29) is 0 Å².